The second kappa shape index (κ2) is 8.06. The van der Waals surface area contributed by atoms with Crippen LogP contribution >= 0.6 is 11.6 Å². The van der Waals surface area contributed by atoms with Gasteiger partial charge in [-0.3, -0.25) is 0 Å². The molecule has 0 aromatic heterocycles. The summed E-state index contributed by atoms with van der Waals surface area (Å²) in [5.74, 6) is 1.99. The van der Waals surface area contributed by atoms with Crippen molar-refractivity contribution in [3.05, 3.63) is 28.8 Å². The fourth-order valence-corrected chi connectivity index (χ4v) is 3.06. The minimum absolute atomic E-state index is 0.610. The van der Waals surface area contributed by atoms with E-state index in [0.29, 0.717) is 22.4 Å². The molecular weight excluding hydrogens is 306 g/mol. The minimum Gasteiger partial charge on any atom is -0.591 e. The highest BCUT2D eigenvalue weighted by Gasteiger charge is 2.22. The highest BCUT2D eigenvalue weighted by atomic mass is 35.5. The van der Waals surface area contributed by atoms with Gasteiger partial charge < -0.3 is 9.29 Å². The third-order valence-corrected chi connectivity index (χ3v) is 4.86. The molecule has 5 heteroatoms. The zero-order valence-electron chi connectivity index (χ0n) is 12.6. The molecule has 0 spiro atoms. The van der Waals surface area contributed by atoms with Crippen molar-refractivity contribution >= 4 is 28.7 Å². The van der Waals surface area contributed by atoms with Crippen LogP contribution in [0.25, 0.3) is 0 Å². The number of nitrogens with zero attached hydrogens (tertiary/aromatic N) is 1. The molecule has 1 saturated carbocycles. The normalized spacial score (nSPS) is 16.9. The molecule has 0 N–H and O–H groups in total. The lowest BCUT2D eigenvalue weighted by atomic mass is 10.1. The summed E-state index contributed by atoms with van der Waals surface area (Å²) in [5, 5.41) is 0.610. The van der Waals surface area contributed by atoms with E-state index in [9.17, 15) is 4.55 Å². The van der Waals surface area contributed by atoms with E-state index in [0.717, 1.165) is 30.7 Å². The molecule has 0 saturated heterocycles. The third-order valence-electron chi connectivity index (χ3n) is 3.43. The number of halogens is 1. The van der Waals surface area contributed by atoms with Crippen molar-refractivity contribution < 1.29 is 9.29 Å². The molecule has 0 amide bonds. The molecule has 0 aliphatic heterocycles. The minimum atomic E-state index is -1.15. The van der Waals surface area contributed by atoms with Crippen molar-refractivity contribution in [2.45, 2.75) is 39.5 Å². The van der Waals surface area contributed by atoms with Gasteiger partial charge >= 0.3 is 0 Å². The molecule has 0 heterocycles. The van der Waals surface area contributed by atoms with Crippen LogP contribution < -0.4 is 4.74 Å². The van der Waals surface area contributed by atoms with Crippen LogP contribution in [0.2, 0.25) is 5.02 Å². The van der Waals surface area contributed by atoms with Crippen LogP contribution in [0.15, 0.2) is 22.6 Å². The maximum absolute atomic E-state index is 11.8. The fraction of sp³-hybridized carbons (Fsp3) is 0.562. The highest BCUT2D eigenvalue weighted by molar-refractivity contribution is 7.90. The summed E-state index contributed by atoms with van der Waals surface area (Å²) >= 11 is 5.00. The molecule has 0 bridgehead atoms. The van der Waals surface area contributed by atoms with Crippen LogP contribution in [0.5, 0.6) is 5.75 Å². The first-order valence-corrected chi connectivity index (χ1v) is 9.12. The molecule has 1 fully saturated rings. The highest BCUT2D eigenvalue weighted by Crippen LogP contribution is 2.32. The van der Waals surface area contributed by atoms with Crippen LogP contribution in [-0.2, 0) is 11.4 Å². The van der Waals surface area contributed by atoms with E-state index in [4.69, 9.17) is 16.3 Å². The summed E-state index contributed by atoms with van der Waals surface area (Å²) in [7, 11) is 0. The number of hydrogen-bond donors (Lipinski definition) is 0. The summed E-state index contributed by atoms with van der Waals surface area (Å²) < 4.78 is 21.8. The van der Waals surface area contributed by atoms with Gasteiger partial charge in [0.25, 0.3) is 0 Å². The Hall–Kier alpha value is -0.710. The Balaban J connectivity index is 2.03. The molecule has 2 rings (SSSR count). The van der Waals surface area contributed by atoms with Crippen LogP contribution in [0, 0.1) is 5.92 Å². The lowest BCUT2D eigenvalue weighted by Crippen LogP contribution is -2.07. The van der Waals surface area contributed by atoms with E-state index in [-0.39, 0.29) is 0 Å². The van der Waals surface area contributed by atoms with Gasteiger partial charge in [-0.2, -0.15) is 0 Å². The molecule has 0 radical (unpaired) electrons. The van der Waals surface area contributed by atoms with E-state index < -0.39 is 11.4 Å². The summed E-state index contributed by atoms with van der Waals surface area (Å²) in [4.78, 5) is 0. The molecule has 1 aromatic rings. The maximum atomic E-state index is 11.8. The zero-order chi connectivity index (χ0) is 15.2. The van der Waals surface area contributed by atoms with Gasteiger partial charge in [0.1, 0.15) is 11.5 Å². The van der Waals surface area contributed by atoms with Gasteiger partial charge in [-0.15, -0.1) is 0 Å². The first-order chi connectivity index (χ1) is 10.1. The van der Waals surface area contributed by atoms with E-state index in [1.807, 2.05) is 25.1 Å². The predicted octanol–water partition coefficient (Wildman–Crippen LogP) is 4.40. The second-order valence-corrected chi connectivity index (χ2v) is 7.10. The molecule has 1 aliphatic carbocycles. The van der Waals surface area contributed by atoms with E-state index in [1.54, 1.807) is 0 Å². The topological polar surface area (TPSA) is 44.7 Å². The van der Waals surface area contributed by atoms with Gasteiger partial charge in [0.2, 0.25) is 0 Å². The molecule has 3 nitrogen and oxygen atoms in total. The monoisotopic (exact) mass is 327 g/mol. The molecular formula is C16H22ClNO2S. The van der Waals surface area contributed by atoms with Gasteiger partial charge in [-0.05, 0) is 44.2 Å². The van der Waals surface area contributed by atoms with E-state index in [2.05, 4.69) is 11.3 Å². The molecule has 1 unspecified atom stereocenters. The quantitative estimate of drug-likeness (QED) is 0.524. The Kier molecular flexibility index (Phi) is 6.40. The van der Waals surface area contributed by atoms with Crippen molar-refractivity contribution in [1.29, 1.82) is 0 Å². The van der Waals surface area contributed by atoms with Crippen LogP contribution in [0.3, 0.4) is 0 Å². The second-order valence-electron chi connectivity index (χ2n) is 5.46. The predicted molar refractivity (Wildman–Crippen MR) is 89.8 cm³/mol. The average Bonchev–Trinajstić information content (AvgIpc) is 3.28. The number of hydrogen-bond acceptors (Lipinski definition) is 3. The molecule has 116 valence electrons. The Morgan fingerprint density at radius 1 is 1.48 bits per heavy atom. The van der Waals surface area contributed by atoms with Crippen molar-refractivity contribution in [2.24, 2.45) is 10.3 Å². The first-order valence-electron chi connectivity index (χ1n) is 7.46. The van der Waals surface area contributed by atoms with Crippen LogP contribution in [0.1, 0.15) is 45.1 Å². The fourth-order valence-electron chi connectivity index (χ4n) is 1.85. The van der Waals surface area contributed by atoms with Gasteiger partial charge in [0, 0.05) is 5.56 Å². The molecule has 21 heavy (non-hydrogen) atoms. The average molecular weight is 328 g/mol. The van der Waals surface area contributed by atoms with E-state index in [1.165, 1.54) is 12.8 Å². The van der Waals surface area contributed by atoms with Crippen LogP contribution in [0.4, 0.5) is 0 Å². The Bertz CT molecular complexity index is 503. The zero-order valence-corrected chi connectivity index (χ0v) is 14.2. The summed E-state index contributed by atoms with van der Waals surface area (Å²) in [6, 6.07) is 5.59. The Morgan fingerprint density at radius 3 is 2.90 bits per heavy atom. The van der Waals surface area contributed by atoms with Gasteiger partial charge in [0.15, 0.2) is 0 Å². The Morgan fingerprint density at radius 2 is 2.24 bits per heavy atom. The Labute approximate surface area is 135 Å². The van der Waals surface area contributed by atoms with Crippen molar-refractivity contribution in [2.75, 3.05) is 12.4 Å². The summed E-state index contributed by atoms with van der Waals surface area (Å²) in [5.41, 5.74) is 1.67. The van der Waals surface area contributed by atoms with Crippen molar-refractivity contribution in [3.63, 3.8) is 0 Å². The van der Waals surface area contributed by atoms with Gasteiger partial charge in [-0.1, -0.05) is 35.4 Å². The van der Waals surface area contributed by atoms with E-state index >= 15 is 0 Å². The standard InChI is InChI=1S/C16H22ClNO2S/c1-3-4-9-21(19)18-12(2)14-7-8-15(17)16(10-14)20-11-13-5-6-13/h7-8,10,13H,3-6,9,11H2,1-2H3. The number of ether oxygens (including phenoxy) is 1. The summed E-state index contributed by atoms with van der Waals surface area (Å²) in [6.07, 6.45) is 4.45. The lowest BCUT2D eigenvalue weighted by molar-refractivity contribution is 0.300. The van der Waals surface area contributed by atoms with Crippen molar-refractivity contribution in [1.82, 2.24) is 0 Å². The maximum Gasteiger partial charge on any atom is 0.138 e. The van der Waals surface area contributed by atoms with Gasteiger partial charge in [0.05, 0.1) is 28.7 Å². The van der Waals surface area contributed by atoms with Gasteiger partial charge in [-0.25, -0.2) is 0 Å². The number of unbranched alkanes of at least 4 members (excludes halogenated alkanes) is 1. The van der Waals surface area contributed by atoms with Crippen molar-refractivity contribution in [3.8, 4) is 5.75 Å². The smallest absolute Gasteiger partial charge is 0.138 e. The SMILES string of the molecule is CCCC[S+]([O-])N=C(C)c1ccc(Cl)c(OCC2CC2)c1. The number of rotatable bonds is 8. The largest absolute Gasteiger partial charge is 0.591 e. The lowest BCUT2D eigenvalue weighted by Gasteiger charge is -2.10. The molecule has 1 aliphatic rings. The van der Waals surface area contributed by atoms with Crippen LogP contribution in [-0.4, -0.2) is 22.6 Å². The first kappa shape index (κ1) is 16.7. The number of benzene rings is 1. The molecule has 1 aromatic carbocycles. The molecule has 1 atom stereocenters. The summed E-state index contributed by atoms with van der Waals surface area (Å²) in [6.45, 7) is 4.68. The third kappa shape index (κ3) is 5.53.